The second kappa shape index (κ2) is 5.31. The van der Waals surface area contributed by atoms with Crippen LogP contribution >= 0.6 is 0 Å². The van der Waals surface area contributed by atoms with Crippen LogP contribution < -0.4 is 5.73 Å². The fraction of sp³-hybridized carbons (Fsp3) is 0.933. The Hall–Kier alpha value is -0.770. The van der Waals surface area contributed by atoms with Crippen molar-refractivity contribution < 1.29 is 9.53 Å². The van der Waals surface area contributed by atoms with Gasteiger partial charge in [-0.05, 0) is 52.9 Å². The lowest BCUT2D eigenvalue weighted by atomic mass is 9.89. The van der Waals surface area contributed by atoms with Crippen molar-refractivity contribution in [2.75, 3.05) is 6.54 Å². The van der Waals surface area contributed by atoms with Gasteiger partial charge < -0.3 is 15.4 Å². The van der Waals surface area contributed by atoms with E-state index in [2.05, 4.69) is 0 Å². The van der Waals surface area contributed by atoms with Gasteiger partial charge in [0.25, 0.3) is 0 Å². The van der Waals surface area contributed by atoms with Crippen LogP contribution in [0.15, 0.2) is 0 Å². The van der Waals surface area contributed by atoms with Gasteiger partial charge >= 0.3 is 6.09 Å². The largest absolute Gasteiger partial charge is 0.444 e. The predicted octanol–water partition coefficient (Wildman–Crippen LogP) is 3.05. The topological polar surface area (TPSA) is 55.6 Å². The zero-order valence-electron chi connectivity index (χ0n) is 12.6. The summed E-state index contributed by atoms with van der Waals surface area (Å²) in [6, 6.07) is 0.276. The third kappa shape index (κ3) is 3.85. The van der Waals surface area contributed by atoms with Gasteiger partial charge in [0.05, 0.1) is 0 Å². The summed E-state index contributed by atoms with van der Waals surface area (Å²) in [4.78, 5) is 14.1. The summed E-state index contributed by atoms with van der Waals surface area (Å²) < 4.78 is 5.50. The molecule has 0 spiro atoms. The van der Waals surface area contributed by atoms with Crippen molar-refractivity contribution in [3.8, 4) is 0 Å². The van der Waals surface area contributed by atoms with Crippen LogP contribution in [0.25, 0.3) is 0 Å². The fourth-order valence-electron chi connectivity index (χ4n) is 3.36. The standard InChI is InChI=1S/C15H28N2O2/c1-14(2,3)19-13(18)17-10-6-7-12(17)11-15(16)8-4-5-9-15/h12H,4-11,16H2,1-3H3. The average molecular weight is 268 g/mol. The predicted molar refractivity (Wildman–Crippen MR) is 76.0 cm³/mol. The van der Waals surface area contributed by atoms with E-state index in [-0.39, 0.29) is 17.7 Å². The van der Waals surface area contributed by atoms with E-state index in [9.17, 15) is 4.79 Å². The molecule has 2 rings (SSSR count). The number of likely N-dealkylation sites (tertiary alicyclic amines) is 1. The van der Waals surface area contributed by atoms with Gasteiger partial charge in [-0.25, -0.2) is 4.79 Å². The van der Waals surface area contributed by atoms with Crippen LogP contribution in [0.4, 0.5) is 4.79 Å². The molecule has 4 nitrogen and oxygen atoms in total. The van der Waals surface area contributed by atoms with Crippen LogP contribution in [0.1, 0.15) is 65.7 Å². The SMILES string of the molecule is CC(C)(C)OC(=O)N1CCCC1CC1(N)CCCC1. The molecule has 2 fully saturated rings. The molecule has 0 bridgehead atoms. The molecule has 2 N–H and O–H groups in total. The Kier molecular flexibility index (Phi) is 4.09. The van der Waals surface area contributed by atoms with Crippen molar-refractivity contribution in [1.82, 2.24) is 4.90 Å². The van der Waals surface area contributed by atoms with E-state index in [1.54, 1.807) is 0 Å². The molecule has 1 aliphatic heterocycles. The Morgan fingerprint density at radius 3 is 2.53 bits per heavy atom. The molecule has 1 heterocycles. The number of amides is 1. The first-order chi connectivity index (χ1) is 8.79. The van der Waals surface area contributed by atoms with Crippen molar-refractivity contribution in [3.63, 3.8) is 0 Å². The van der Waals surface area contributed by atoms with E-state index >= 15 is 0 Å². The highest BCUT2D eigenvalue weighted by atomic mass is 16.6. The molecule has 19 heavy (non-hydrogen) atoms. The first-order valence-electron chi connectivity index (χ1n) is 7.58. The molecule has 0 aromatic rings. The third-order valence-corrected chi connectivity index (χ3v) is 4.25. The summed E-state index contributed by atoms with van der Waals surface area (Å²) in [6.07, 6.45) is 7.57. The Morgan fingerprint density at radius 2 is 1.95 bits per heavy atom. The number of nitrogens with zero attached hydrogens (tertiary/aromatic N) is 1. The molecule has 4 heteroatoms. The molecule has 1 aliphatic carbocycles. The van der Waals surface area contributed by atoms with E-state index in [0.717, 1.165) is 38.6 Å². The number of hydrogen-bond acceptors (Lipinski definition) is 3. The Labute approximate surface area is 116 Å². The molecule has 1 saturated carbocycles. The summed E-state index contributed by atoms with van der Waals surface area (Å²) in [5, 5.41) is 0. The molecule has 110 valence electrons. The minimum Gasteiger partial charge on any atom is -0.444 e. The number of nitrogens with two attached hydrogens (primary N) is 1. The van der Waals surface area contributed by atoms with Crippen molar-refractivity contribution in [3.05, 3.63) is 0 Å². The minimum atomic E-state index is -0.419. The summed E-state index contributed by atoms with van der Waals surface area (Å²) in [5.74, 6) is 0. The van der Waals surface area contributed by atoms with Crippen LogP contribution in [0.3, 0.4) is 0 Å². The van der Waals surface area contributed by atoms with Gasteiger partial charge in [0.2, 0.25) is 0 Å². The lowest BCUT2D eigenvalue weighted by Crippen LogP contribution is -2.46. The van der Waals surface area contributed by atoms with Crippen LogP contribution in [-0.2, 0) is 4.74 Å². The minimum absolute atomic E-state index is 0.0464. The van der Waals surface area contributed by atoms with Crippen molar-refractivity contribution in [2.24, 2.45) is 5.73 Å². The van der Waals surface area contributed by atoms with Gasteiger partial charge in [-0.2, -0.15) is 0 Å². The van der Waals surface area contributed by atoms with E-state index in [1.165, 1.54) is 12.8 Å². The van der Waals surface area contributed by atoms with E-state index < -0.39 is 5.60 Å². The monoisotopic (exact) mass is 268 g/mol. The number of rotatable bonds is 2. The first-order valence-corrected chi connectivity index (χ1v) is 7.58. The van der Waals surface area contributed by atoms with E-state index in [0.29, 0.717) is 0 Å². The van der Waals surface area contributed by atoms with Gasteiger partial charge in [-0.3, -0.25) is 0 Å². The maximum absolute atomic E-state index is 12.2. The Balaban J connectivity index is 1.95. The number of carbonyl (C=O) groups is 1. The lowest BCUT2D eigenvalue weighted by Gasteiger charge is -2.33. The highest BCUT2D eigenvalue weighted by molar-refractivity contribution is 5.69. The van der Waals surface area contributed by atoms with Crippen LogP contribution in [0.5, 0.6) is 0 Å². The molecule has 0 aromatic carbocycles. The smallest absolute Gasteiger partial charge is 0.410 e. The third-order valence-electron chi connectivity index (χ3n) is 4.25. The van der Waals surface area contributed by atoms with Crippen molar-refractivity contribution in [1.29, 1.82) is 0 Å². The van der Waals surface area contributed by atoms with Gasteiger partial charge in [-0.1, -0.05) is 12.8 Å². The number of ether oxygens (including phenoxy) is 1. The molecule has 1 saturated heterocycles. The van der Waals surface area contributed by atoms with Crippen LogP contribution in [-0.4, -0.2) is 34.7 Å². The van der Waals surface area contributed by atoms with Crippen LogP contribution in [0, 0.1) is 0 Å². The molecular weight excluding hydrogens is 240 g/mol. The zero-order valence-corrected chi connectivity index (χ0v) is 12.6. The summed E-state index contributed by atoms with van der Waals surface area (Å²) >= 11 is 0. The van der Waals surface area contributed by atoms with Gasteiger partial charge in [0, 0.05) is 18.1 Å². The fourth-order valence-corrected chi connectivity index (χ4v) is 3.36. The molecule has 2 aliphatic rings. The highest BCUT2D eigenvalue weighted by Gasteiger charge is 2.38. The zero-order chi connectivity index (χ0) is 14.1. The van der Waals surface area contributed by atoms with Gasteiger partial charge in [0.15, 0.2) is 0 Å². The maximum Gasteiger partial charge on any atom is 0.410 e. The highest BCUT2D eigenvalue weighted by Crippen LogP contribution is 2.35. The molecule has 1 atom stereocenters. The van der Waals surface area contributed by atoms with Gasteiger partial charge in [0.1, 0.15) is 5.60 Å². The second-order valence-electron chi connectivity index (χ2n) is 7.24. The van der Waals surface area contributed by atoms with Crippen LogP contribution in [0.2, 0.25) is 0 Å². The summed E-state index contributed by atoms with van der Waals surface area (Å²) in [7, 11) is 0. The first kappa shape index (κ1) is 14.6. The molecule has 1 unspecified atom stereocenters. The van der Waals surface area contributed by atoms with Crippen molar-refractivity contribution in [2.45, 2.75) is 82.9 Å². The maximum atomic E-state index is 12.2. The van der Waals surface area contributed by atoms with E-state index in [4.69, 9.17) is 10.5 Å². The Bertz CT molecular complexity index is 330. The number of carbonyl (C=O) groups excluding carboxylic acids is 1. The van der Waals surface area contributed by atoms with E-state index in [1.807, 2.05) is 25.7 Å². The normalized spacial score (nSPS) is 26.7. The quantitative estimate of drug-likeness (QED) is 0.837. The molecular formula is C15H28N2O2. The molecule has 1 amide bonds. The van der Waals surface area contributed by atoms with Gasteiger partial charge in [-0.15, -0.1) is 0 Å². The average Bonchev–Trinajstić information content (AvgIpc) is 2.85. The summed E-state index contributed by atoms with van der Waals surface area (Å²) in [5.41, 5.74) is 5.98. The molecule has 0 aromatic heterocycles. The molecule has 0 radical (unpaired) electrons. The Morgan fingerprint density at radius 1 is 1.32 bits per heavy atom. The van der Waals surface area contributed by atoms with Crippen molar-refractivity contribution >= 4 is 6.09 Å². The lowest BCUT2D eigenvalue weighted by molar-refractivity contribution is 0.0204. The second-order valence-corrected chi connectivity index (χ2v) is 7.24. The number of hydrogen-bond donors (Lipinski definition) is 1. The summed E-state index contributed by atoms with van der Waals surface area (Å²) in [6.45, 7) is 6.56.